The van der Waals surface area contributed by atoms with E-state index in [9.17, 15) is 4.79 Å². The third kappa shape index (κ3) is 4.23. The minimum absolute atomic E-state index is 0.333. The predicted molar refractivity (Wildman–Crippen MR) is 42.0 cm³/mol. The maximum Gasteiger partial charge on any atom is 0.404 e. The first kappa shape index (κ1) is 9.79. The van der Waals surface area contributed by atoms with Gasteiger partial charge in [-0.05, 0) is 13.8 Å². The molecule has 2 atom stereocenters. The maximum atomic E-state index is 10.1. The van der Waals surface area contributed by atoms with Crippen LogP contribution in [0.5, 0.6) is 0 Å². The van der Waals surface area contributed by atoms with Crippen molar-refractivity contribution in [3.63, 3.8) is 0 Å². The highest BCUT2D eigenvalue weighted by Gasteiger charge is 2.11. The minimum Gasteiger partial charge on any atom is -0.465 e. The molecule has 0 aliphatic carbocycles. The summed E-state index contributed by atoms with van der Waals surface area (Å²) in [7, 11) is 0. The Morgan fingerprint density at radius 3 is 2.64 bits per heavy atom. The monoisotopic (exact) mass is 156 g/mol. The summed E-state index contributed by atoms with van der Waals surface area (Å²) >= 11 is 0. The smallest absolute Gasteiger partial charge is 0.404 e. The van der Waals surface area contributed by atoms with Crippen molar-refractivity contribution in [2.24, 2.45) is 5.73 Å². The van der Waals surface area contributed by atoms with Gasteiger partial charge in [0, 0.05) is 0 Å². The molecule has 0 radical (unpaired) electrons. The van der Waals surface area contributed by atoms with E-state index in [-0.39, 0.29) is 6.04 Å². The summed E-state index contributed by atoms with van der Waals surface area (Å²) in [6, 6.07) is -0.768. The molecule has 0 rings (SSSR count). The lowest BCUT2D eigenvalue weighted by atomic mass is 10.1. The molecule has 0 aliphatic rings. The zero-order valence-corrected chi connectivity index (χ0v) is 6.59. The summed E-state index contributed by atoms with van der Waals surface area (Å²) in [5, 5.41) is 10.5. The van der Waals surface area contributed by atoms with E-state index in [0.717, 1.165) is 0 Å². The van der Waals surface area contributed by atoms with Crippen molar-refractivity contribution in [3.8, 4) is 11.8 Å². The normalized spacial score (nSPS) is 14.1. The number of carbonyl (C=O) groups is 1. The zero-order valence-electron chi connectivity index (χ0n) is 6.59. The number of rotatable bonds is 2. The van der Waals surface area contributed by atoms with Crippen LogP contribution in [0.4, 0.5) is 4.79 Å². The van der Waals surface area contributed by atoms with Crippen LogP contribution in [0, 0.1) is 11.8 Å². The zero-order chi connectivity index (χ0) is 8.85. The van der Waals surface area contributed by atoms with E-state index >= 15 is 0 Å². The predicted octanol–water partition coefficient (Wildman–Crippen LogP) is -0.00690. The molecule has 1 unspecified atom stereocenters. The van der Waals surface area contributed by atoms with Gasteiger partial charge in [-0.1, -0.05) is 5.92 Å². The van der Waals surface area contributed by atoms with Gasteiger partial charge in [0.25, 0.3) is 0 Å². The van der Waals surface area contributed by atoms with E-state index < -0.39 is 12.1 Å². The summed E-state index contributed by atoms with van der Waals surface area (Å²) in [5.41, 5.74) is 5.48. The molecule has 0 aromatic heterocycles. The lowest BCUT2D eigenvalue weighted by Gasteiger charge is -2.13. The molecule has 0 spiro atoms. The van der Waals surface area contributed by atoms with Gasteiger partial charge in [0.1, 0.15) is 0 Å². The van der Waals surface area contributed by atoms with Gasteiger partial charge >= 0.3 is 6.09 Å². The lowest BCUT2D eigenvalue weighted by molar-refractivity contribution is 0.190. The SMILES string of the molecule is CC#CC(N)[C@H](C)NC(=O)O. The van der Waals surface area contributed by atoms with Gasteiger partial charge < -0.3 is 16.2 Å². The Morgan fingerprint density at radius 2 is 2.27 bits per heavy atom. The molecule has 0 saturated carbocycles. The van der Waals surface area contributed by atoms with Gasteiger partial charge in [-0.3, -0.25) is 0 Å². The van der Waals surface area contributed by atoms with Crippen LogP contribution in [-0.2, 0) is 0 Å². The highest BCUT2D eigenvalue weighted by molar-refractivity contribution is 5.65. The van der Waals surface area contributed by atoms with Crippen LogP contribution >= 0.6 is 0 Å². The van der Waals surface area contributed by atoms with E-state index in [1.807, 2.05) is 0 Å². The van der Waals surface area contributed by atoms with Crippen LogP contribution in [0.15, 0.2) is 0 Å². The van der Waals surface area contributed by atoms with Crippen LogP contribution in [0.1, 0.15) is 13.8 Å². The Kier molecular flexibility index (Phi) is 4.08. The third-order valence-electron chi connectivity index (χ3n) is 1.20. The van der Waals surface area contributed by atoms with Crippen molar-refractivity contribution in [1.82, 2.24) is 5.32 Å². The molecule has 4 nitrogen and oxygen atoms in total. The first-order valence-corrected chi connectivity index (χ1v) is 3.25. The lowest BCUT2D eigenvalue weighted by Crippen LogP contribution is -2.44. The van der Waals surface area contributed by atoms with Crippen molar-refractivity contribution in [2.75, 3.05) is 0 Å². The fourth-order valence-corrected chi connectivity index (χ4v) is 0.576. The van der Waals surface area contributed by atoms with Crippen molar-refractivity contribution in [3.05, 3.63) is 0 Å². The van der Waals surface area contributed by atoms with Gasteiger partial charge in [0.2, 0.25) is 0 Å². The third-order valence-corrected chi connectivity index (χ3v) is 1.20. The summed E-state index contributed by atoms with van der Waals surface area (Å²) in [6.07, 6.45) is -1.08. The number of hydrogen-bond donors (Lipinski definition) is 3. The van der Waals surface area contributed by atoms with Crippen LogP contribution in [0.25, 0.3) is 0 Å². The highest BCUT2D eigenvalue weighted by Crippen LogP contribution is 1.86. The molecule has 4 heteroatoms. The topological polar surface area (TPSA) is 75.3 Å². The number of nitrogens with two attached hydrogens (primary N) is 1. The van der Waals surface area contributed by atoms with E-state index in [2.05, 4.69) is 17.2 Å². The molecule has 0 bridgehead atoms. The second-order valence-corrected chi connectivity index (χ2v) is 2.16. The van der Waals surface area contributed by atoms with Crippen LogP contribution < -0.4 is 11.1 Å². The molecular weight excluding hydrogens is 144 g/mol. The average molecular weight is 156 g/mol. The van der Waals surface area contributed by atoms with E-state index in [0.29, 0.717) is 0 Å². The summed E-state index contributed by atoms with van der Waals surface area (Å²) < 4.78 is 0. The molecule has 0 saturated heterocycles. The van der Waals surface area contributed by atoms with Gasteiger partial charge in [-0.15, -0.1) is 5.92 Å². The Morgan fingerprint density at radius 1 is 1.73 bits per heavy atom. The Hall–Kier alpha value is -1.21. The van der Waals surface area contributed by atoms with Gasteiger partial charge in [-0.25, -0.2) is 4.79 Å². The number of nitrogens with one attached hydrogen (secondary N) is 1. The van der Waals surface area contributed by atoms with E-state index in [1.165, 1.54) is 0 Å². The molecule has 1 amide bonds. The van der Waals surface area contributed by atoms with Gasteiger partial charge in [0.15, 0.2) is 0 Å². The quantitative estimate of drug-likeness (QED) is 0.492. The van der Waals surface area contributed by atoms with Crippen LogP contribution in [0.3, 0.4) is 0 Å². The molecule has 0 heterocycles. The summed E-state index contributed by atoms with van der Waals surface area (Å²) in [5.74, 6) is 5.27. The molecule has 62 valence electrons. The fourth-order valence-electron chi connectivity index (χ4n) is 0.576. The molecule has 11 heavy (non-hydrogen) atoms. The largest absolute Gasteiger partial charge is 0.465 e. The average Bonchev–Trinajstić information content (AvgIpc) is 1.86. The Labute approximate surface area is 65.8 Å². The van der Waals surface area contributed by atoms with Crippen molar-refractivity contribution in [1.29, 1.82) is 0 Å². The molecule has 0 aromatic rings. The second-order valence-electron chi connectivity index (χ2n) is 2.16. The molecule has 0 aromatic carbocycles. The molecule has 0 fully saturated rings. The number of carboxylic acid groups (broad SMARTS) is 1. The van der Waals surface area contributed by atoms with Crippen LogP contribution in [0.2, 0.25) is 0 Å². The van der Waals surface area contributed by atoms with Crippen LogP contribution in [-0.4, -0.2) is 23.3 Å². The molecular formula is C7H12N2O2. The minimum atomic E-state index is -1.08. The van der Waals surface area contributed by atoms with Crippen molar-refractivity contribution < 1.29 is 9.90 Å². The highest BCUT2D eigenvalue weighted by atomic mass is 16.4. The standard InChI is InChI=1S/C7H12N2O2/c1-3-4-6(8)5(2)9-7(10)11/h5-6,9H,8H2,1-2H3,(H,10,11)/t5-,6?/m0/s1. The summed E-state index contributed by atoms with van der Waals surface area (Å²) in [4.78, 5) is 10.1. The number of amides is 1. The van der Waals surface area contributed by atoms with Gasteiger partial charge in [-0.2, -0.15) is 0 Å². The van der Waals surface area contributed by atoms with Crippen molar-refractivity contribution in [2.45, 2.75) is 25.9 Å². The van der Waals surface area contributed by atoms with E-state index in [4.69, 9.17) is 10.8 Å². The maximum absolute atomic E-state index is 10.1. The first-order valence-electron chi connectivity index (χ1n) is 3.25. The van der Waals surface area contributed by atoms with Crippen molar-refractivity contribution >= 4 is 6.09 Å². The van der Waals surface area contributed by atoms with Gasteiger partial charge in [0.05, 0.1) is 12.1 Å². The molecule has 4 N–H and O–H groups in total. The van der Waals surface area contributed by atoms with E-state index in [1.54, 1.807) is 13.8 Å². The Bertz CT molecular complexity index is 192. The summed E-state index contributed by atoms with van der Waals surface area (Å²) in [6.45, 7) is 3.33. The Balaban J connectivity index is 3.88. The first-order chi connectivity index (χ1) is 5.07. The molecule has 0 aliphatic heterocycles. The number of hydrogen-bond acceptors (Lipinski definition) is 2. The second kappa shape index (κ2) is 4.58. The fraction of sp³-hybridized carbons (Fsp3) is 0.571.